The first kappa shape index (κ1) is 30.7. The number of nitrogens with zero attached hydrogens (tertiary/aromatic N) is 1. The highest BCUT2D eigenvalue weighted by molar-refractivity contribution is 5.85. The van der Waals surface area contributed by atoms with Crippen LogP contribution in [-0.2, 0) is 25.5 Å². The number of nitrogens with one attached hydrogen (secondary N) is 1. The van der Waals surface area contributed by atoms with Crippen molar-refractivity contribution in [2.24, 2.45) is 0 Å². The zero-order valence-corrected chi connectivity index (χ0v) is 23.0. The third kappa shape index (κ3) is 10.9. The van der Waals surface area contributed by atoms with Gasteiger partial charge >= 0.3 is 12.1 Å². The number of likely N-dealkylation sites (N-methyl/N-ethyl adjacent to an activating group) is 1. The normalized spacial score (nSPS) is 15.4. The van der Waals surface area contributed by atoms with E-state index in [2.05, 4.69) is 29.6 Å². The first-order chi connectivity index (χ1) is 17.0. The van der Waals surface area contributed by atoms with Crippen LogP contribution in [0, 0.1) is 0 Å². The molecule has 0 aliphatic heterocycles. The largest absolute Gasteiger partial charge is 0.469 e. The summed E-state index contributed by atoms with van der Waals surface area (Å²) in [5, 5.41) is 2.71. The van der Waals surface area contributed by atoms with Crippen molar-refractivity contribution in [3.63, 3.8) is 0 Å². The van der Waals surface area contributed by atoms with Gasteiger partial charge < -0.3 is 19.7 Å². The van der Waals surface area contributed by atoms with E-state index in [4.69, 9.17) is 9.47 Å². The van der Waals surface area contributed by atoms with Gasteiger partial charge in [0.25, 0.3) is 0 Å². The van der Waals surface area contributed by atoms with Crippen LogP contribution in [-0.4, -0.2) is 55.7 Å². The van der Waals surface area contributed by atoms with Crippen LogP contribution in [0.3, 0.4) is 0 Å². The van der Waals surface area contributed by atoms with E-state index in [9.17, 15) is 14.4 Å². The Morgan fingerprint density at radius 1 is 1.06 bits per heavy atom. The van der Waals surface area contributed by atoms with Crippen molar-refractivity contribution in [2.45, 2.75) is 71.4 Å². The average Bonchev–Trinajstić information content (AvgIpc) is 3.07. The number of hydrogen-bond donors (Lipinski definition) is 1. The summed E-state index contributed by atoms with van der Waals surface area (Å²) in [6.45, 7) is 9.34. The van der Waals surface area contributed by atoms with E-state index in [1.165, 1.54) is 12.0 Å². The number of carbonyl (C=O) groups excluding carboxylic acids is 3. The molecule has 1 aliphatic carbocycles. The number of carbonyl (C=O) groups is 3. The van der Waals surface area contributed by atoms with Crippen LogP contribution in [0.15, 0.2) is 60.2 Å². The smallest absolute Gasteiger partial charge is 0.408 e. The van der Waals surface area contributed by atoms with Gasteiger partial charge in [0, 0.05) is 32.9 Å². The van der Waals surface area contributed by atoms with Gasteiger partial charge in [-0.1, -0.05) is 68.5 Å². The van der Waals surface area contributed by atoms with Crippen molar-refractivity contribution in [3.05, 3.63) is 71.3 Å². The van der Waals surface area contributed by atoms with Crippen molar-refractivity contribution < 1.29 is 23.9 Å². The number of hydrogen-bond acceptors (Lipinski definition) is 5. The third-order valence-electron chi connectivity index (χ3n) is 5.23. The molecule has 0 aromatic heterocycles. The Morgan fingerprint density at radius 3 is 2.25 bits per heavy atom. The highest BCUT2D eigenvalue weighted by atomic mass is 16.6. The second kappa shape index (κ2) is 14.9. The minimum Gasteiger partial charge on any atom is -0.469 e. The molecular formula is C29H42N2O5. The van der Waals surface area contributed by atoms with Crippen LogP contribution in [0.4, 0.5) is 4.79 Å². The molecule has 0 saturated carbocycles. The minimum absolute atomic E-state index is 0.0743. The maximum Gasteiger partial charge on any atom is 0.408 e. The molecule has 1 aromatic carbocycles. The summed E-state index contributed by atoms with van der Waals surface area (Å²) >= 11 is 0. The van der Waals surface area contributed by atoms with E-state index in [1.54, 1.807) is 34.9 Å². The van der Waals surface area contributed by atoms with Crippen LogP contribution in [0.5, 0.6) is 0 Å². The molecule has 1 N–H and O–H groups in total. The predicted octanol–water partition coefficient (Wildman–Crippen LogP) is 5.33. The standard InChI is InChI=1S/C27H36N2O5.C2H6/c1-27(2,3)34-26(32)28-23(25(31)29(4)5)18-20-8-7-9-21(16-12-20)22-14-10-19(11-15-22)13-17-24(30)33-6;1-2/h7-12,14-16,21,23H,13,17-18H2,1-6H3,(H,28,32);1-2H3. The molecule has 7 heteroatoms. The van der Waals surface area contributed by atoms with Gasteiger partial charge in [-0.25, -0.2) is 4.79 Å². The molecule has 0 fully saturated rings. The summed E-state index contributed by atoms with van der Waals surface area (Å²) in [5.74, 6) is -0.345. The second-order valence-corrected chi connectivity index (χ2v) is 9.46. The summed E-state index contributed by atoms with van der Waals surface area (Å²) in [7, 11) is 4.72. The average molecular weight is 499 g/mol. The van der Waals surface area contributed by atoms with Crippen molar-refractivity contribution in [1.29, 1.82) is 0 Å². The van der Waals surface area contributed by atoms with Crippen LogP contribution in [0.25, 0.3) is 0 Å². The van der Waals surface area contributed by atoms with E-state index < -0.39 is 17.7 Å². The molecule has 7 nitrogen and oxygen atoms in total. The number of amides is 2. The molecule has 2 unspecified atom stereocenters. The highest BCUT2D eigenvalue weighted by Crippen LogP contribution is 2.24. The van der Waals surface area contributed by atoms with Gasteiger partial charge in [-0.05, 0) is 43.9 Å². The summed E-state index contributed by atoms with van der Waals surface area (Å²) < 4.78 is 10.0. The van der Waals surface area contributed by atoms with Crippen molar-refractivity contribution in [2.75, 3.05) is 21.2 Å². The van der Waals surface area contributed by atoms with Crippen LogP contribution in [0.2, 0.25) is 0 Å². The SMILES string of the molecule is CC.COC(=O)CCc1ccc(C2C=CC=C(CC(NC(=O)OC(C)(C)C)C(=O)N(C)C)C=C2)cc1. The first-order valence-corrected chi connectivity index (χ1v) is 12.4. The fraction of sp³-hybridized carbons (Fsp3) is 0.483. The Morgan fingerprint density at radius 2 is 1.69 bits per heavy atom. The number of allylic oxidation sites excluding steroid dienone is 5. The van der Waals surface area contributed by atoms with Gasteiger partial charge in [0.2, 0.25) is 5.91 Å². The number of aryl methyl sites for hydroxylation is 1. The number of rotatable bonds is 8. The van der Waals surface area contributed by atoms with Crippen molar-refractivity contribution in [1.82, 2.24) is 10.2 Å². The Bertz CT molecular complexity index is 953. The summed E-state index contributed by atoms with van der Waals surface area (Å²) in [6.07, 6.45) is 10.8. The topological polar surface area (TPSA) is 84.9 Å². The zero-order valence-electron chi connectivity index (χ0n) is 23.0. The molecule has 198 valence electrons. The lowest BCUT2D eigenvalue weighted by atomic mass is 9.96. The fourth-order valence-corrected chi connectivity index (χ4v) is 3.46. The maximum absolute atomic E-state index is 12.7. The molecule has 0 saturated heterocycles. The molecule has 1 aromatic rings. The molecule has 1 aliphatic rings. The third-order valence-corrected chi connectivity index (χ3v) is 5.23. The van der Waals surface area contributed by atoms with E-state index in [0.717, 1.165) is 16.7 Å². The number of ether oxygens (including phenoxy) is 2. The Labute approximate surface area is 216 Å². The predicted molar refractivity (Wildman–Crippen MR) is 144 cm³/mol. The molecule has 0 heterocycles. The first-order valence-electron chi connectivity index (χ1n) is 12.4. The summed E-state index contributed by atoms with van der Waals surface area (Å²) in [5.41, 5.74) is 2.47. The molecule has 2 amide bonds. The molecule has 0 bridgehead atoms. The monoisotopic (exact) mass is 498 g/mol. The quantitative estimate of drug-likeness (QED) is 0.490. The maximum atomic E-state index is 12.7. The van der Waals surface area contributed by atoms with Crippen LogP contribution >= 0.6 is 0 Å². The van der Waals surface area contributed by atoms with Gasteiger partial charge in [0.05, 0.1) is 7.11 Å². The molecular weight excluding hydrogens is 456 g/mol. The molecule has 36 heavy (non-hydrogen) atoms. The number of esters is 1. The summed E-state index contributed by atoms with van der Waals surface area (Å²) in [6, 6.07) is 7.42. The Kier molecular flexibility index (Phi) is 12.7. The van der Waals surface area contributed by atoms with Gasteiger partial charge in [0.1, 0.15) is 11.6 Å². The van der Waals surface area contributed by atoms with Gasteiger partial charge in [-0.15, -0.1) is 0 Å². The minimum atomic E-state index is -0.736. The fourth-order valence-electron chi connectivity index (χ4n) is 3.46. The van der Waals surface area contributed by atoms with Gasteiger partial charge in [-0.2, -0.15) is 0 Å². The van der Waals surface area contributed by atoms with E-state index in [0.29, 0.717) is 19.3 Å². The zero-order chi connectivity index (χ0) is 27.3. The van der Waals surface area contributed by atoms with E-state index in [-0.39, 0.29) is 17.8 Å². The van der Waals surface area contributed by atoms with Crippen LogP contribution < -0.4 is 5.32 Å². The lowest BCUT2D eigenvalue weighted by molar-refractivity contribution is -0.140. The van der Waals surface area contributed by atoms with Gasteiger partial charge in [0.15, 0.2) is 0 Å². The molecule has 2 atom stereocenters. The Hall–Kier alpha value is -3.35. The highest BCUT2D eigenvalue weighted by Gasteiger charge is 2.26. The van der Waals surface area contributed by atoms with Gasteiger partial charge in [-0.3, -0.25) is 9.59 Å². The van der Waals surface area contributed by atoms with E-state index >= 15 is 0 Å². The molecule has 2 rings (SSSR count). The lowest BCUT2D eigenvalue weighted by Gasteiger charge is -2.25. The molecule has 0 radical (unpaired) electrons. The molecule has 0 spiro atoms. The van der Waals surface area contributed by atoms with Crippen molar-refractivity contribution in [3.8, 4) is 0 Å². The second-order valence-electron chi connectivity index (χ2n) is 9.46. The van der Waals surface area contributed by atoms with E-state index in [1.807, 2.05) is 44.2 Å². The van der Waals surface area contributed by atoms with Crippen LogP contribution in [0.1, 0.15) is 64.5 Å². The summed E-state index contributed by atoms with van der Waals surface area (Å²) in [4.78, 5) is 37.8. The van der Waals surface area contributed by atoms with Crippen molar-refractivity contribution >= 4 is 18.0 Å². The number of benzene rings is 1. The lowest BCUT2D eigenvalue weighted by Crippen LogP contribution is -2.47. The Balaban J connectivity index is 0.00000316. The number of alkyl carbamates (subject to hydrolysis) is 1. The number of methoxy groups -OCH3 is 1.